The first-order chi connectivity index (χ1) is 8.13. The molecule has 0 aromatic rings. The maximum Gasteiger partial charge on any atom is 0.0199 e. The van der Waals surface area contributed by atoms with Crippen LogP contribution in [-0.2, 0) is 0 Å². The maximum absolute atomic E-state index is 4.31. The molecule has 17 heavy (non-hydrogen) atoms. The number of nitrogens with one attached hydrogen (secondary N) is 1. The number of hydrogen-bond acceptors (Lipinski definition) is 1. The van der Waals surface area contributed by atoms with Gasteiger partial charge in [-0.15, -0.1) is 0 Å². The van der Waals surface area contributed by atoms with Crippen LogP contribution in [0.2, 0.25) is 0 Å². The molecule has 1 aliphatic carbocycles. The van der Waals surface area contributed by atoms with Gasteiger partial charge >= 0.3 is 0 Å². The molecule has 1 N–H and O–H groups in total. The van der Waals surface area contributed by atoms with Crippen LogP contribution in [0.25, 0.3) is 0 Å². The molecule has 1 nitrogen and oxygen atoms in total. The number of allylic oxidation sites excluding steroid dienone is 2. The van der Waals surface area contributed by atoms with Crippen LogP contribution < -0.4 is 5.32 Å². The Balaban J connectivity index is 2.49. The van der Waals surface area contributed by atoms with Gasteiger partial charge in [0, 0.05) is 12.2 Å². The summed E-state index contributed by atoms with van der Waals surface area (Å²) in [7, 11) is 0. The highest BCUT2D eigenvalue weighted by Gasteiger charge is 2.17. The first-order valence-corrected chi connectivity index (χ1v) is 7.26. The molecule has 0 radical (unpaired) electrons. The minimum atomic E-state index is 0.515. The topological polar surface area (TPSA) is 12.0 Å². The molecule has 0 amide bonds. The summed E-state index contributed by atoms with van der Waals surface area (Å²) in [6.45, 7) is 10.9. The van der Waals surface area contributed by atoms with E-state index in [1.165, 1.54) is 49.7 Å². The molecule has 1 heteroatoms. The maximum atomic E-state index is 4.31. The fourth-order valence-corrected chi connectivity index (χ4v) is 2.58. The number of hydrogen-bond donors (Lipinski definition) is 1. The van der Waals surface area contributed by atoms with Crippen molar-refractivity contribution < 1.29 is 0 Å². The second-order valence-electron chi connectivity index (χ2n) is 5.70. The quantitative estimate of drug-likeness (QED) is 0.625. The highest BCUT2D eigenvalue weighted by atomic mass is 14.9. The highest BCUT2D eigenvalue weighted by Crippen LogP contribution is 2.32. The van der Waals surface area contributed by atoms with Gasteiger partial charge in [0.05, 0.1) is 0 Å². The van der Waals surface area contributed by atoms with E-state index in [2.05, 4.69) is 38.9 Å². The Morgan fingerprint density at radius 2 is 2.00 bits per heavy atom. The van der Waals surface area contributed by atoms with Gasteiger partial charge in [0.1, 0.15) is 0 Å². The van der Waals surface area contributed by atoms with Gasteiger partial charge in [-0.2, -0.15) is 0 Å². The van der Waals surface area contributed by atoms with E-state index in [0.717, 1.165) is 12.3 Å². The fourth-order valence-electron chi connectivity index (χ4n) is 2.58. The highest BCUT2D eigenvalue weighted by molar-refractivity contribution is 5.28. The largest absolute Gasteiger partial charge is 0.388 e. The molecule has 0 saturated heterocycles. The Kier molecular flexibility index (Phi) is 6.39. The Morgan fingerprint density at radius 1 is 1.35 bits per heavy atom. The van der Waals surface area contributed by atoms with Crippen LogP contribution >= 0.6 is 0 Å². The first kappa shape index (κ1) is 14.3. The second kappa shape index (κ2) is 7.58. The molecule has 0 heterocycles. The van der Waals surface area contributed by atoms with Crippen molar-refractivity contribution in [3.63, 3.8) is 0 Å². The van der Waals surface area contributed by atoms with E-state index < -0.39 is 0 Å². The van der Waals surface area contributed by atoms with Gasteiger partial charge in [-0.1, -0.05) is 51.2 Å². The van der Waals surface area contributed by atoms with E-state index in [1.807, 2.05) is 0 Å². The van der Waals surface area contributed by atoms with Crippen LogP contribution in [0.5, 0.6) is 0 Å². The number of rotatable bonds is 7. The van der Waals surface area contributed by atoms with E-state index in [0.29, 0.717) is 6.04 Å². The normalized spacial score (nSPS) is 17.8. The zero-order chi connectivity index (χ0) is 12.7. The molecule has 1 fully saturated rings. The molecule has 0 unspecified atom stereocenters. The molecule has 0 aromatic heterocycles. The van der Waals surface area contributed by atoms with Crippen LogP contribution in [-0.4, -0.2) is 6.04 Å². The zero-order valence-corrected chi connectivity index (χ0v) is 11.9. The van der Waals surface area contributed by atoms with Gasteiger partial charge in [0.2, 0.25) is 0 Å². The van der Waals surface area contributed by atoms with Gasteiger partial charge < -0.3 is 5.32 Å². The van der Waals surface area contributed by atoms with Gasteiger partial charge in [-0.25, -0.2) is 0 Å². The van der Waals surface area contributed by atoms with Crippen LogP contribution in [0.4, 0.5) is 0 Å². The van der Waals surface area contributed by atoms with E-state index in [4.69, 9.17) is 0 Å². The predicted octanol–water partition coefficient (Wildman–Crippen LogP) is 4.80. The summed E-state index contributed by atoms with van der Waals surface area (Å²) in [6.07, 6.45) is 11.5. The third-order valence-corrected chi connectivity index (χ3v) is 3.57. The summed E-state index contributed by atoms with van der Waals surface area (Å²) in [5.41, 5.74) is 2.81. The molecule has 0 spiro atoms. The molecule has 98 valence electrons. The molecular weight excluding hydrogens is 206 g/mol. The van der Waals surface area contributed by atoms with Crippen LogP contribution in [0.1, 0.15) is 65.7 Å². The van der Waals surface area contributed by atoms with E-state index in [1.54, 1.807) is 0 Å². The van der Waals surface area contributed by atoms with Gasteiger partial charge in [0.15, 0.2) is 0 Å². The summed E-state index contributed by atoms with van der Waals surface area (Å²) in [5, 5.41) is 3.41. The smallest absolute Gasteiger partial charge is 0.0199 e. The van der Waals surface area contributed by atoms with Crippen molar-refractivity contribution in [3.05, 3.63) is 23.9 Å². The lowest BCUT2D eigenvalue weighted by molar-refractivity contribution is 0.544. The van der Waals surface area contributed by atoms with Crippen molar-refractivity contribution in [2.24, 2.45) is 5.92 Å². The molecule has 1 saturated carbocycles. The predicted molar refractivity (Wildman–Crippen MR) is 77.0 cm³/mol. The molecule has 0 aliphatic heterocycles. The van der Waals surface area contributed by atoms with E-state index in [-0.39, 0.29) is 0 Å². The van der Waals surface area contributed by atoms with Crippen LogP contribution in [0.15, 0.2) is 23.9 Å². The van der Waals surface area contributed by atoms with Crippen molar-refractivity contribution in [1.82, 2.24) is 5.32 Å². The summed E-state index contributed by atoms with van der Waals surface area (Å²) >= 11 is 0. The van der Waals surface area contributed by atoms with Crippen LogP contribution in [0.3, 0.4) is 0 Å². The van der Waals surface area contributed by atoms with Gasteiger partial charge in [0.25, 0.3) is 0 Å². The Bertz CT molecular complexity index is 257. The molecule has 0 atom stereocenters. The minimum absolute atomic E-state index is 0.515. The fraction of sp³-hybridized carbons (Fsp3) is 0.750. The van der Waals surface area contributed by atoms with Crippen molar-refractivity contribution in [2.45, 2.75) is 71.8 Å². The molecule has 0 bridgehead atoms. The minimum Gasteiger partial charge on any atom is -0.388 e. The lowest BCUT2D eigenvalue weighted by Crippen LogP contribution is -2.16. The molecule has 1 aliphatic rings. The summed E-state index contributed by atoms with van der Waals surface area (Å²) in [6, 6.07) is 0.515. The van der Waals surface area contributed by atoms with Crippen molar-refractivity contribution in [1.29, 1.82) is 0 Å². The second-order valence-corrected chi connectivity index (χ2v) is 5.70. The monoisotopic (exact) mass is 235 g/mol. The SMILES string of the molecule is C=C(CC1CCCC1)/C(=C\NC(C)C)CCC. The van der Waals surface area contributed by atoms with E-state index >= 15 is 0 Å². The lowest BCUT2D eigenvalue weighted by Gasteiger charge is -2.16. The third-order valence-electron chi connectivity index (χ3n) is 3.57. The van der Waals surface area contributed by atoms with Gasteiger partial charge in [-0.3, -0.25) is 0 Å². The Labute approximate surface area is 107 Å². The summed E-state index contributed by atoms with van der Waals surface area (Å²) in [5.74, 6) is 0.904. The van der Waals surface area contributed by atoms with Crippen LogP contribution in [0, 0.1) is 5.92 Å². The van der Waals surface area contributed by atoms with Crippen molar-refractivity contribution in [3.8, 4) is 0 Å². The average Bonchev–Trinajstić information content (AvgIpc) is 2.76. The summed E-state index contributed by atoms with van der Waals surface area (Å²) in [4.78, 5) is 0. The van der Waals surface area contributed by atoms with Gasteiger partial charge in [-0.05, 0) is 38.2 Å². The third kappa shape index (κ3) is 5.43. The first-order valence-electron chi connectivity index (χ1n) is 7.26. The Morgan fingerprint density at radius 3 is 2.53 bits per heavy atom. The molecule has 0 aromatic carbocycles. The lowest BCUT2D eigenvalue weighted by atomic mass is 9.92. The average molecular weight is 235 g/mol. The van der Waals surface area contributed by atoms with E-state index in [9.17, 15) is 0 Å². The Hall–Kier alpha value is -0.720. The van der Waals surface area contributed by atoms with Crippen molar-refractivity contribution in [2.75, 3.05) is 0 Å². The summed E-state index contributed by atoms with van der Waals surface area (Å²) < 4.78 is 0. The molecular formula is C16H29N. The zero-order valence-electron chi connectivity index (χ0n) is 11.9. The van der Waals surface area contributed by atoms with Crippen molar-refractivity contribution >= 4 is 0 Å². The molecule has 1 rings (SSSR count). The standard InChI is InChI=1S/C16H29N/c1-5-8-16(12-17-13(2)3)14(4)11-15-9-6-7-10-15/h12-13,15,17H,4-11H2,1-3H3/b16-12-.